The fourth-order valence-corrected chi connectivity index (χ4v) is 2.12. The average Bonchev–Trinajstić information content (AvgIpc) is 2.42. The first kappa shape index (κ1) is 16.6. The normalized spacial score (nSPS) is 11.3. The summed E-state index contributed by atoms with van der Waals surface area (Å²) in [4.78, 5) is 10.1. The molecule has 0 aliphatic rings. The summed E-state index contributed by atoms with van der Waals surface area (Å²) in [6.07, 6.45) is -4.65. The molecule has 116 valence electrons. The number of benzene rings is 2. The molecule has 0 fully saturated rings. The summed E-state index contributed by atoms with van der Waals surface area (Å²) in [5.74, 6) is 0. The third-order valence-electron chi connectivity index (χ3n) is 2.72. The molecule has 0 heterocycles. The molecule has 0 unspecified atom stereocenters. The lowest BCUT2D eigenvalue weighted by Gasteiger charge is -2.11. The molecular formula is C13H7BrClF3N2O2. The molecule has 2 aromatic carbocycles. The van der Waals surface area contributed by atoms with Crippen LogP contribution in [0.4, 0.5) is 30.2 Å². The molecule has 4 nitrogen and oxygen atoms in total. The second-order valence-corrected chi connectivity index (χ2v) is 5.50. The van der Waals surface area contributed by atoms with Crippen molar-refractivity contribution in [2.45, 2.75) is 6.18 Å². The summed E-state index contributed by atoms with van der Waals surface area (Å²) < 4.78 is 38.5. The van der Waals surface area contributed by atoms with Crippen LogP contribution in [0.5, 0.6) is 0 Å². The molecule has 9 heteroatoms. The molecule has 1 N–H and O–H groups in total. The Labute approximate surface area is 136 Å². The van der Waals surface area contributed by atoms with E-state index in [4.69, 9.17) is 11.6 Å². The first-order chi connectivity index (χ1) is 10.2. The molecule has 2 aromatic rings. The zero-order valence-corrected chi connectivity index (χ0v) is 13.0. The molecule has 22 heavy (non-hydrogen) atoms. The smallest absolute Gasteiger partial charge is 0.350 e. The molecule has 0 radical (unpaired) electrons. The molecule has 2 rings (SSSR count). The van der Waals surface area contributed by atoms with Gasteiger partial charge in [0.25, 0.3) is 5.69 Å². The lowest BCUT2D eigenvalue weighted by Crippen LogP contribution is -2.06. The van der Waals surface area contributed by atoms with Crippen molar-refractivity contribution in [3.63, 3.8) is 0 Å². The van der Waals surface area contributed by atoms with Gasteiger partial charge in [0.15, 0.2) is 0 Å². The number of rotatable bonds is 3. The van der Waals surface area contributed by atoms with E-state index in [1.54, 1.807) is 12.1 Å². The SMILES string of the molecule is O=[N+]([O-])c1cc(C(F)(F)F)ccc1Nc1ccc(Br)c(Cl)c1. The fraction of sp³-hybridized carbons (Fsp3) is 0.0769. The highest BCUT2D eigenvalue weighted by Crippen LogP contribution is 2.36. The zero-order chi connectivity index (χ0) is 16.5. The largest absolute Gasteiger partial charge is 0.416 e. The van der Waals surface area contributed by atoms with Crippen LogP contribution < -0.4 is 5.32 Å². The minimum atomic E-state index is -4.65. The van der Waals surface area contributed by atoms with Crippen molar-refractivity contribution in [2.24, 2.45) is 0 Å². The number of nitrogens with one attached hydrogen (secondary N) is 1. The molecule has 0 saturated carbocycles. The Balaban J connectivity index is 2.42. The predicted molar refractivity (Wildman–Crippen MR) is 80.5 cm³/mol. The molecule has 0 atom stereocenters. The van der Waals surface area contributed by atoms with Gasteiger partial charge in [-0.1, -0.05) is 11.6 Å². The Bertz CT molecular complexity index is 738. The summed E-state index contributed by atoms with van der Waals surface area (Å²) >= 11 is 9.09. The van der Waals surface area contributed by atoms with Gasteiger partial charge in [-0.2, -0.15) is 13.2 Å². The number of nitro benzene ring substituents is 1. The van der Waals surface area contributed by atoms with Gasteiger partial charge in [-0.15, -0.1) is 0 Å². The Kier molecular flexibility index (Phi) is 4.62. The topological polar surface area (TPSA) is 55.2 Å². The maximum absolute atomic E-state index is 12.6. The third kappa shape index (κ3) is 3.69. The van der Waals surface area contributed by atoms with Crippen molar-refractivity contribution in [1.29, 1.82) is 0 Å². The molecule has 0 saturated heterocycles. The summed E-state index contributed by atoms with van der Waals surface area (Å²) in [6, 6.07) is 6.96. The molecule has 0 aliphatic carbocycles. The van der Waals surface area contributed by atoms with Crippen LogP contribution in [-0.2, 0) is 6.18 Å². The number of hydrogen-bond donors (Lipinski definition) is 1. The van der Waals surface area contributed by atoms with E-state index < -0.39 is 22.4 Å². The maximum atomic E-state index is 12.6. The number of anilines is 2. The van der Waals surface area contributed by atoms with E-state index in [0.717, 1.165) is 12.1 Å². The minimum absolute atomic E-state index is 0.0589. The quantitative estimate of drug-likeness (QED) is 0.530. The van der Waals surface area contributed by atoms with Crippen LogP contribution in [0.15, 0.2) is 40.9 Å². The second kappa shape index (κ2) is 6.13. The monoisotopic (exact) mass is 394 g/mol. The Morgan fingerprint density at radius 1 is 1.18 bits per heavy atom. The van der Waals surface area contributed by atoms with Crippen molar-refractivity contribution >= 4 is 44.6 Å². The van der Waals surface area contributed by atoms with Gasteiger partial charge in [0.1, 0.15) is 5.69 Å². The molecule has 0 amide bonds. The number of alkyl halides is 3. The van der Waals surface area contributed by atoms with Crippen molar-refractivity contribution in [3.05, 3.63) is 61.6 Å². The average molecular weight is 396 g/mol. The van der Waals surface area contributed by atoms with Gasteiger partial charge in [-0.05, 0) is 46.3 Å². The van der Waals surface area contributed by atoms with Crippen molar-refractivity contribution in [2.75, 3.05) is 5.32 Å². The van der Waals surface area contributed by atoms with Gasteiger partial charge in [0.2, 0.25) is 0 Å². The van der Waals surface area contributed by atoms with Crippen LogP contribution in [0.1, 0.15) is 5.56 Å². The lowest BCUT2D eigenvalue weighted by molar-refractivity contribution is -0.384. The number of nitro groups is 1. The van der Waals surface area contributed by atoms with Crippen LogP contribution in [-0.4, -0.2) is 4.92 Å². The van der Waals surface area contributed by atoms with Crippen molar-refractivity contribution in [1.82, 2.24) is 0 Å². The van der Waals surface area contributed by atoms with E-state index in [1.165, 1.54) is 6.07 Å². The highest BCUT2D eigenvalue weighted by atomic mass is 79.9. The van der Waals surface area contributed by atoms with Crippen LogP contribution in [0.3, 0.4) is 0 Å². The molecule has 0 bridgehead atoms. The summed E-state index contributed by atoms with van der Waals surface area (Å²) in [7, 11) is 0. The predicted octanol–water partition coefficient (Wildman–Crippen LogP) is 5.77. The molecule has 0 aliphatic heterocycles. The van der Waals surface area contributed by atoms with Crippen LogP contribution >= 0.6 is 27.5 Å². The maximum Gasteiger partial charge on any atom is 0.416 e. The van der Waals surface area contributed by atoms with E-state index in [-0.39, 0.29) is 5.69 Å². The lowest BCUT2D eigenvalue weighted by atomic mass is 10.1. The first-order valence-electron chi connectivity index (χ1n) is 5.76. The van der Waals surface area contributed by atoms with Crippen molar-refractivity contribution < 1.29 is 18.1 Å². The Morgan fingerprint density at radius 3 is 2.41 bits per heavy atom. The van der Waals surface area contributed by atoms with Gasteiger partial charge in [0.05, 0.1) is 15.5 Å². The Hall–Kier alpha value is -1.80. The van der Waals surface area contributed by atoms with Gasteiger partial charge >= 0.3 is 6.18 Å². The van der Waals surface area contributed by atoms with Crippen LogP contribution in [0.25, 0.3) is 0 Å². The van der Waals surface area contributed by atoms with E-state index in [9.17, 15) is 23.3 Å². The third-order valence-corrected chi connectivity index (χ3v) is 3.95. The van der Waals surface area contributed by atoms with E-state index >= 15 is 0 Å². The van der Waals surface area contributed by atoms with E-state index in [1.807, 2.05) is 0 Å². The molecule has 0 spiro atoms. The second-order valence-electron chi connectivity index (χ2n) is 4.24. The number of halogens is 5. The highest BCUT2D eigenvalue weighted by Gasteiger charge is 2.33. The van der Waals surface area contributed by atoms with Gasteiger partial charge < -0.3 is 5.32 Å². The number of nitrogens with zero attached hydrogens (tertiary/aromatic N) is 1. The van der Waals surface area contributed by atoms with Crippen molar-refractivity contribution in [3.8, 4) is 0 Å². The summed E-state index contributed by atoms with van der Waals surface area (Å²) in [5, 5.41) is 14.0. The Morgan fingerprint density at radius 2 is 1.86 bits per heavy atom. The molecule has 0 aromatic heterocycles. The van der Waals surface area contributed by atoms with E-state index in [2.05, 4.69) is 21.2 Å². The summed E-state index contributed by atoms with van der Waals surface area (Å²) in [5.41, 5.74) is -1.40. The van der Waals surface area contributed by atoms with Gasteiger partial charge in [-0.3, -0.25) is 10.1 Å². The van der Waals surface area contributed by atoms with Gasteiger partial charge in [0, 0.05) is 16.2 Å². The highest BCUT2D eigenvalue weighted by molar-refractivity contribution is 9.10. The molecular weight excluding hydrogens is 389 g/mol. The zero-order valence-electron chi connectivity index (χ0n) is 10.6. The van der Waals surface area contributed by atoms with Crippen LogP contribution in [0, 0.1) is 10.1 Å². The standard InChI is InChI=1S/C13H7BrClF3N2O2/c14-9-3-2-8(6-10(9)15)19-11-4-1-7(13(16,17)18)5-12(11)20(21)22/h1-6,19H. The fourth-order valence-electron chi connectivity index (χ4n) is 1.69. The van der Waals surface area contributed by atoms with Crippen LogP contribution in [0.2, 0.25) is 5.02 Å². The van der Waals surface area contributed by atoms with Gasteiger partial charge in [-0.25, -0.2) is 0 Å². The minimum Gasteiger partial charge on any atom is -0.350 e. The number of hydrogen-bond acceptors (Lipinski definition) is 3. The summed E-state index contributed by atoms with van der Waals surface area (Å²) in [6.45, 7) is 0. The van der Waals surface area contributed by atoms with E-state index in [0.29, 0.717) is 21.2 Å². The first-order valence-corrected chi connectivity index (χ1v) is 6.93.